The van der Waals surface area contributed by atoms with Crippen LogP contribution < -0.4 is 10.1 Å². The Labute approximate surface area is 423 Å². The first-order valence-electron chi connectivity index (χ1n) is 26.1. The predicted octanol–water partition coefficient (Wildman–Crippen LogP) is 10.9. The van der Waals surface area contributed by atoms with E-state index in [0.717, 1.165) is 59.3 Å². The zero-order valence-electron chi connectivity index (χ0n) is 42.1. The van der Waals surface area contributed by atoms with Gasteiger partial charge in [0, 0.05) is 6.42 Å². The van der Waals surface area contributed by atoms with Gasteiger partial charge in [-0.1, -0.05) is 199 Å². The van der Waals surface area contributed by atoms with E-state index in [1.165, 1.54) is 32.1 Å². The number of carbonyl (C=O) groups excluding carboxylic acids is 1. The summed E-state index contributed by atoms with van der Waals surface area (Å²) >= 11 is 0. The van der Waals surface area contributed by atoms with Crippen molar-refractivity contribution in [2.45, 2.75) is 166 Å². The molecule has 6 rings (SSSR count). The van der Waals surface area contributed by atoms with E-state index in [9.17, 15) is 15.0 Å². The lowest BCUT2D eigenvalue weighted by Gasteiger charge is -2.46. The van der Waals surface area contributed by atoms with Gasteiger partial charge in [0.25, 0.3) is 0 Å². The predicted molar refractivity (Wildman–Crippen MR) is 277 cm³/mol. The number of nitrogens with one attached hydrogen (secondary N) is 1. The Morgan fingerprint density at radius 2 is 1.07 bits per heavy atom. The van der Waals surface area contributed by atoms with Crippen LogP contribution in [0.1, 0.15) is 112 Å². The van der Waals surface area contributed by atoms with Gasteiger partial charge in [0.2, 0.25) is 5.91 Å². The molecule has 0 bridgehead atoms. The fourth-order valence-electron chi connectivity index (χ4n) is 8.71. The Balaban J connectivity index is 1.22. The number of aryl methyl sites for hydroxylation is 1. The smallest absolute Gasteiger partial charge is 0.220 e. The van der Waals surface area contributed by atoms with Crippen molar-refractivity contribution in [3.8, 4) is 5.75 Å². The van der Waals surface area contributed by atoms with E-state index in [1.807, 2.05) is 146 Å². The lowest BCUT2D eigenvalue weighted by Crippen LogP contribution is -2.62. The molecule has 0 spiro atoms. The Morgan fingerprint density at radius 1 is 0.563 bits per heavy atom. The Morgan fingerprint density at radius 3 is 1.65 bits per heavy atom. The zero-order chi connectivity index (χ0) is 49.7. The van der Waals surface area contributed by atoms with Crippen molar-refractivity contribution in [2.75, 3.05) is 19.8 Å². The maximum Gasteiger partial charge on any atom is 0.220 e. The first-order chi connectivity index (χ1) is 34.9. The molecule has 0 saturated carbocycles. The van der Waals surface area contributed by atoms with Crippen molar-refractivity contribution in [2.24, 2.45) is 0 Å². The molecule has 11 nitrogen and oxygen atoms in total. The van der Waals surface area contributed by atoms with Crippen LogP contribution in [0.3, 0.4) is 0 Å². The number of aliphatic hydroxyl groups is 2. The van der Waals surface area contributed by atoms with Gasteiger partial charge in [-0.2, -0.15) is 0 Å². The van der Waals surface area contributed by atoms with E-state index in [2.05, 4.69) is 19.2 Å². The Kier molecular flexibility index (Phi) is 25.1. The van der Waals surface area contributed by atoms with Crippen LogP contribution in [-0.4, -0.2) is 84.9 Å². The summed E-state index contributed by atoms with van der Waals surface area (Å²) in [6.45, 7) is 6.02. The first kappa shape index (κ1) is 55.4. The third kappa shape index (κ3) is 19.9. The number of benzene rings is 5. The van der Waals surface area contributed by atoms with E-state index in [4.69, 9.17) is 33.2 Å². The van der Waals surface area contributed by atoms with Crippen LogP contribution in [0.2, 0.25) is 0 Å². The SMILES string of the molecule is CCCCCCCCOc1ccc(CCC(=O)N[C@@H](COC2OC(COCc3ccccc3)C(OCc3ccccc3)C(OCc3ccccc3)C2OCc2ccccc2)[C@H](O)[C@H](O)CCCCC)cc1. The molecule has 5 aromatic rings. The number of amides is 1. The summed E-state index contributed by atoms with van der Waals surface area (Å²) in [6.07, 6.45) is 4.33. The molecule has 0 aliphatic carbocycles. The molecule has 11 heteroatoms. The molecule has 5 aromatic carbocycles. The summed E-state index contributed by atoms with van der Waals surface area (Å²) in [5.41, 5.74) is 4.88. The molecular weight excluding hydrogens is 895 g/mol. The van der Waals surface area contributed by atoms with Crippen molar-refractivity contribution in [1.82, 2.24) is 5.32 Å². The molecule has 1 heterocycles. The van der Waals surface area contributed by atoms with Gasteiger partial charge in [0.05, 0.1) is 58.4 Å². The minimum atomic E-state index is -1.33. The Bertz CT molecular complexity index is 2130. The summed E-state index contributed by atoms with van der Waals surface area (Å²) in [6, 6.07) is 46.6. The monoisotopic (exact) mass is 974 g/mol. The van der Waals surface area contributed by atoms with Gasteiger partial charge in [0.15, 0.2) is 6.29 Å². The average molecular weight is 974 g/mol. The second-order valence-corrected chi connectivity index (χ2v) is 18.6. The molecule has 1 saturated heterocycles. The van der Waals surface area contributed by atoms with Crippen molar-refractivity contribution < 1.29 is 48.2 Å². The van der Waals surface area contributed by atoms with Crippen LogP contribution in [0.5, 0.6) is 5.75 Å². The van der Waals surface area contributed by atoms with Gasteiger partial charge in [-0.15, -0.1) is 0 Å². The zero-order valence-corrected chi connectivity index (χ0v) is 42.1. The first-order valence-corrected chi connectivity index (χ1v) is 26.1. The molecular formula is C60H79NO10. The number of hydrogen-bond donors (Lipinski definition) is 3. The quantitative estimate of drug-likeness (QED) is 0.0342. The topological polar surface area (TPSA) is 134 Å². The Hall–Kier alpha value is -4.95. The highest BCUT2D eigenvalue weighted by atomic mass is 16.7. The summed E-state index contributed by atoms with van der Waals surface area (Å²) in [7, 11) is 0. The van der Waals surface area contributed by atoms with Crippen molar-refractivity contribution in [1.29, 1.82) is 0 Å². The molecule has 1 aliphatic heterocycles. The average Bonchev–Trinajstić information content (AvgIpc) is 3.41. The minimum absolute atomic E-state index is 0.135. The standard InChI is InChI=1S/C60H79NO10/c1-3-5-7-8-9-23-39-66-51-36-33-46(34-37-51)35-38-55(63)61-52(56(64)53(62)32-14-6-4-2)44-70-60-59(69-43-50-30-21-13-22-31-50)58(68-42-49-28-19-12-20-29-49)57(67-41-48-26-17-11-18-27-48)54(71-60)45-65-40-47-24-15-10-16-25-47/h10-13,15-22,24-31,33-34,36-37,52-54,56-60,62,64H,3-9,14,23,32,35,38-45H2,1-2H3,(H,61,63)/t52-,53+,54?,56-,57?,58?,59?,60?/m0/s1. The summed E-state index contributed by atoms with van der Waals surface area (Å²) in [5.74, 6) is 0.529. The lowest BCUT2D eigenvalue weighted by molar-refractivity contribution is -0.330. The second kappa shape index (κ2) is 32.2. The van der Waals surface area contributed by atoms with Crippen molar-refractivity contribution in [3.05, 3.63) is 173 Å². The maximum atomic E-state index is 13.8. The fourth-order valence-corrected chi connectivity index (χ4v) is 8.71. The van der Waals surface area contributed by atoms with Crippen molar-refractivity contribution >= 4 is 5.91 Å². The third-order valence-corrected chi connectivity index (χ3v) is 12.9. The number of aliphatic hydroxyl groups excluding tert-OH is 2. The highest BCUT2D eigenvalue weighted by Crippen LogP contribution is 2.32. The van der Waals surface area contributed by atoms with Gasteiger partial charge in [-0.25, -0.2) is 0 Å². The molecule has 1 aliphatic rings. The number of ether oxygens (including phenoxy) is 7. The maximum absolute atomic E-state index is 13.8. The molecule has 384 valence electrons. The van der Waals surface area contributed by atoms with Gasteiger partial charge >= 0.3 is 0 Å². The summed E-state index contributed by atoms with van der Waals surface area (Å²) in [5, 5.41) is 26.2. The van der Waals surface area contributed by atoms with Crippen LogP contribution >= 0.6 is 0 Å². The van der Waals surface area contributed by atoms with Gasteiger partial charge in [-0.05, 0) is 59.2 Å². The van der Waals surface area contributed by atoms with Crippen LogP contribution in [-0.2, 0) is 66.1 Å². The third-order valence-electron chi connectivity index (χ3n) is 12.9. The normalized spacial score (nSPS) is 19.2. The van der Waals surface area contributed by atoms with Crippen molar-refractivity contribution in [3.63, 3.8) is 0 Å². The molecule has 3 N–H and O–H groups in total. The van der Waals surface area contributed by atoms with E-state index >= 15 is 0 Å². The molecule has 71 heavy (non-hydrogen) atoms. The van der Waals surface area contributed by atoms with Gasteiger partial charge in [0.1, 0.15) is 36.3 Å². The number of unbranched alkanes of at least 4 members (excludes halogenated alkanes) is 7. The van der Waals surface area contributed by atoms with Gasteiger partial charge < -0.3 is 48.7 Å². The number of carbonyl (C=O) groups is 1. The highest BCUT2D eigenvalue weighted by molar-refractivity contribution is 5.76. The molecule has 1 fully saturated rings. The second-order valence-electron chi connectivity index (χ2n) is 18.6. The highest BCUT2D eigenvalue weighted by Gasteiger charge is 2.49. The minimum Gasteiger partial charge on any atom is -0.494 e. The summed E-state index contributed by atoms with van der Waals surface area (Å²) < 4.78 is 46.5. The fraction of sp³-hybridized carbons (Fsp3) is 0.483. The van der Waals surface area contributed by atoms with Crippen LogP contribution in [0, 0.1) is 0 Å². The van der Waals surface area contributed by atoms with Crippen LogP contribution in [0.25, 0.3) is 0 Å². The summed E-state index contributed by atoms with van der Waals surface area (Å²) in [4.78, 5) is 13.8. The number of rotatable bonds is 34. The van der Waals surface area contributed by atoms with E-state index in [1.54, 1.807) is 0 Å². The van der Waals surface area contributed by atoms with E-state index < -0.39 is 49.0 Å². The molecule has 1 amide bonds. The molecule has 0 aromatic heterocycles. The largest absolute Gasteiger partial charge is 0.494 e. The van der Waals surface area contributed by atoms with Crippen LogP contribution in [0.4, 0.5) is 0 Å². The van der Waals surface area contributed by atoms with Gasteiger partial charge in [-0.3, -0.25) is 4.79 Å². The molecule has 5 unspecified atom stereocenters. The van der Waals surface area contributed by atoms with E-state index in [0.29, 0.717) is 26.1 Å². The molecule has 8 atom stereocenters. The van der Waals surface area contributed by atoms with E-state index in [-0.39, 0.29) is 45.4 Å². The van der Waals surface area contributed by atoms with Crippen LogP contribution in [0.15, 0.2) is 146 Å². The lowest BCUT2D eigenvalue weighted by atomic mass is 9.97. The number of hydrogen-bond acceptors (Lipinski definition) is 10. The molecule has 0 radical (unpaired) electrons.